The maximum Gasteiger partial charge on any atom is 0.221 e. The molecular weight excluding hydrogens is 314 g/mol. The van der Waals surface area contributed by atoms with Crippen LogP contribution < -0.4 is 16.8 Å². The van der Waals surface area contributed by atoms with Crippen molar-refractivity contribution in [3.8, 4) is 0 Å². The molecule has 2 rings (SSSR count). The van der Waals surface area contributed by atoms with E-state index in [0.717, 1.165) is 22.3 Å². The number of nitrogens with two attached hydrogens (primary N) is 2. The van der Waals surface area contributed by atoms with Crippen LogP contribution in [-0.2, 0) is 13.0 Å². The molecular formula is C11H14BrN5S. The number of rotatable bonds is 5. The number of nitrogens with zero attached hydrogens (tertiary/aromatic N) is 2. The average molecular weight is 328 g/mol. The van der Waals surface area contributed by atoms with Gasteiger partial charge in [0.25, 0.3) is 0 Å². The summed E-state index contributed by atoms with van der Waals surface area (Å²) in [7, 11) is 0. The van der Waals surface area contributed by atoms with Gasteiger partial charge in [0, 0.05) is 29.7 Å². The summed E-state index contributed by atoms with van der Waals surface area (Å²) in [6.07, 6.45) is 2.65. The van der Waals surface area contributed by atoms with E-state index in [1.54, 1.807) is 17.5 Å². The number of hydrogen-bond acceptors (Lipinski definition) is 6. The molecule has 0 atom stereocenters. The van der Waals surface area contributed by atoms with Gasteiger partial charge in [-0.15, -0.1) is 11.3 Å². The van der Waals surface area contributed by atoms with E-state index >= 15 is 0 Å². The minimum absolute atomic E-state index is 0.208. The molecule has 18 heavy (non-hydrogen) atoms. The minimum Gasteiger partial charge on any atom is -0.383 e. The SMILES string of the molecule is Nc1ncc(CNCCc2ccc(Br)s2)c(N)n1. The third-order valence-electron chi connectivity index (χ3n) is 2.41. The van der Waals surface area contributed by atoms with Gasteiger partial charge in [0.05, 0.1) is 3.79 Å². The van der Waals surface area contributed by atoms with E-state index in [4.69, 9.17) is 11.5 Å². The maximum absolute atomic E-state index is 5.74. The Kier molecular flexibility index (Phi) is 4.51. The molecule has 0 saturated heterocycles. The van der Waals surface area contributed by atoms with E-state index in [0.29, 0.717) is 12.4 Å². The number of halogens is 1. The van der Waals surface area contributed by atoms with Gasteiger partial charge in [0.2, 0.25) is 5.95 Å². The third-order valence-corrected chi connectivity index (χ3v) is 4.09. The Morgan fingerprint density at radius 3 is 2.83 bits per heavy atom. The fourth-order valence-electron chi connectivity index (χ4n) is 1.49. The molecule has 0 aliphatic rings. The summed E-state index contributed by atoms with van der Waals surface area (Å²) in [5, 5.41) is 3.31. The number of nitrogen functional groups attached to an aromatic ring is 2. The molecule has 0 amide bonds. The molecule has 2 heterocycles. The molecule has 0 saturated carbocycles. The van der Waals surface area contributed by atoms with E-state index < -0.39 is 0 Å². The standard InChI is InChI=1S/C11H14BrN5S/c12-9-2-1-8(18-9)3-4-15-5-7-6-16-11(14)17-10(7)13/h1-2,6,15H,3-5H2,(H4,13,14,16,17). The molecule has 0 spiro atoms. The van der Waals surface area contributed by atoms with Crippen molar-refractivity contribution < 1.29 is 0 Å². The van der Waals surface area contributed by atoms with Crippen molar-refractivity contribution >= 4 is 39.0 Å². The van der Waals surface area contributed by atoms with Crippen molar-refractivity contribution in [2.24, 2.45) is 0 Å². The molecule has 0 bridgehead atoms. The van der Waals surface area contributed by atoms with Gasteiger partial charge in [-0.2, -0.15) is 4.98 Å². The lowest BCUT2D eigenvalue weighted by Gasteiger charge is -2.06. The highest BCUT2D eigenvalue weighted by molar-refractivity contribution is 9.11. The number of nitrogens with one attached hydrogen (secondary N) is 1. The number of hydrogen-bond donors (Lipinski definition) is 3. The summed E-state index contributed by atoms with van der Waals surface area (Å²) >= 11 is 5.20. The van der Waals surface area contributed by atoms with Crippen molar-refractivity contribution in [3.63, 3.8) is 0 Å². The molecule has 0 aliphatic heterocycles. The fourth-order valence-corrected chi connectivity index (χ4v) is 2.97. The molecule has 0 radical (unpaired) electrons. The molecule has 5 N–H and O–H groups in total. The van der Waals surface area contributed by atoms with Crippen LogP contribution in [-0.4, -0.2) is 16.5 Å². The first-order valence-electron chi connectivity index (χ1n) is 5.47. The Morgan fingerprint density at radius 2 is 2.17 bits per heavy atom. The van der Waals surface area contributed by atoms with Crippen LogP contribution in [0.3, 0.4) is 0 Å². The predicted octanol–water partition coefficient (Wildman–Crippen LogP) is 1.80. The summed E-state index contributed by atoms with van der Waals surface area (Å²) in [4.78, 5) is 9.18. The van der Waals surface area contributed by atoms with Gasteiger partial charge in [0.1, 0.15) is 5.82 Å². The quantitative estimate of drug-likeness (QED) is 0.728. The zero-order valence-corrected chi connectivity index (χ0v) is 12.1. The smallest absolute Gasteiger partial charge is 0.221 e. The van der Waals surface area contributed by atoms with Crippen molar-refractivity contribution in [1.29, 1.82) is 0 Å². The number of anilines is 2. The van der Waals surface area contributed by atoms with Crippen LogP contribution in [0.1, 0.15) is 10.4 Å². The molecule has 0 aliphatic carbocycles. The Hall–Kier alpha value is -1.18. The molecule has 7 heteroatoms. The normalized spacial score (nSPS) is 10.7. The lowest BCUT2D eigenvalue weighted by molar-refractivity contribution is 0.688. The van der Waals surface area contributed by atoms with E-state index in [-0.39, 0.29) is 5.95 Å². The van der Waals surface area contributed by atoms with E-state index in [1.165, 1.54) is 4.88 Å². The molecule has 2 aromatic heterocycles. The second-order valence-electron chi connectivity index (χ2n) is 3.77. The summed E-state index contributed by atoms with van der Waals surface area (Å²) in [5.74, 6) is 0.647. The van der Waals surface area contributed by atoms with Crippen LogP contribution in [0.25, 0.3) is 0 Å². The zero-order chi connectivity index (χ0) is 13.0. The van der Waals surface area contributed by atoms with E-state index in [1.807, 2.05) is 0 Å². The first kappa shape index (κ1) is 13.3. The fraction of sp³-hybridized carbons (Fsp3) is 0.273. The summed E-state index contributed by atoms with van der Waals surface area (Å²) in [5.41, 5.74) is 12.0. The third kappa shape index (κ3) is 3.66. The summed E-state index contributed by atoms with van der Waals surface area (Å²) in [6.45, 7) is 1.54. The molecule has 0 unspecified atom stereocenters. The summed E-state index contributed by atoms with van der Waals surface area (Å²) in [6, 6.07) is 4.18. The average Bonchev–Trinajstić information content (AvgIpc) is 2.73. The second kappa shape index (κ2) is 6.12. The van der Waals surface area contributed by atoms with Gasteiger partial charge in [-0.1, -0.05) is 0 Å². The van der Waals surface area contributed by atoms with Gasteiger partial charge in [-0.05, 0) is 34.5 Å². The lowest BCUT2D eigenvalue weighted by atomic mass is 10.3. The second-order valence-corrected chi connectivity index (χ2v) is 6.32. The highest BCUT2D eigenvalue weighted by Crippen LogP contribution is 2.22. The largest absolute Gasteiger partial charge is 0.383 e. The van der Waals surface area contributed by atoms with Crippen LogP contribution in [0, 0.1) is 0 Å². The Bertz CT molecular complexity index is 528. The topological polar surface area (TPSA) is 89.8 Å². The van der Waals surface area contributed by atoms with Crippen LogP contribution in [0.4, 0.5) is 11.8 Å². The van der Waals surface area contributed by atoms with Crippen molar-refractivity contribution in [3.05, 3.63) is 32.6 Å². The molecule has 5 nitrogen and oxygen atoms in total. The lowest BCUT2D eigenvalue weighted by Crippen LogP contribution is -2.18. The van der Waals surface area contributed by atoms with Crippen LogP contribution in [0.2, 0.25) is 0 Å². The zero-order valence-electron chi connectivity index (χ0n) is 9.69. The van der Waals surface area contributed by atoms with Gasteiger partial charge in [-0.25, -0.2) is 4.98 Å². The highest BCUT2D eigenvalue weighted by Gasteiger charge is 2.02. The highest BCUT2D eigenvalue weighted by atomic mass is 79.9. The van der Waals surface area contributed by atoms with Crippen molar-refractivity contribution in [1.82, 2.24) is 15.3 Å². The van der Waals surface area contributed by atoms with E-state index in [2.05, 4.69) is 43.3 Å². The van der Waals surface area contributed by atoms with Gasteiger partial charge in [0.15, 0.2) is 0 Å². The Labute approximate surface area is 118 Å². The summed E-state index contributed by atoms with van der Waals surface area (Å²) < 4.78 is 1.16. The van der Waals surface area contributed by atoms with E-state index in [9.17, 15) is 0 Å². The Morgan fingerprint density at radius 1 is 1.33 bits per heavy atom. The van der Waals surface area contributed by atoms with Gasteiger partial charge >= 0.3 is 0 Å². The number of aromatic nitrogens is 2. The number of thiophene rings is 1. The maximum atomic E-state index is 5.74. The Balaban J connectivity index is 1.78. The molecule has 2 aromatic rings. The van der Waals surface area contributed by atoms with Gasteiger partial charge < -0.3 is 16.8 Å². The molecule has 0 aromatic carbocycles. The monoisotopic (exact) mass is 327 g/mol. The van der Waals surface area contributed by atoms with Crippen molar-refractivity contribution in [2.75, 3.05) is 18.0 Å². The van der Waals surface area contributed by atoms with Crippen LogP contribution in [0.15, 0.2) is 22.1 Å². The predicted molar refractivity (Wildman–Crippen MR) is 78.3 cm³/mol. The molecule has 0 fully saturated rings. The van der Waals surface area contributed by atoms with Crippen molar-refractivity contribution in [2.45, 2.75) is 13.0 Å². The first-order chi connectivity index (χ1) is 8.65. The first-order valence-corrected chi connectivity index (χ1v) is 7.08. The minimum atomic E-state index is 0.208. The molecule has 96 valence electrons. The van der Waals surface area contributed by atoms with Gasteiger partial charge in [-0.3, -0.25) is 0 Å². The van der Waals surface area contributed by atoms with Crippen LogP contribution >= 0.6 is 27.3 Å². The van der Waals surface area contributed by atoms with Crippen LogP contribution in [0.5, 0.6) is 0 Å².